The summed E-state index contributed by atoms with van der Waals surface area (Å²) in [4.78, 5) is 23.0. The second kappa shape index (κ2) is 5.36. The first-order chi connectivity index (χ1) is 10.1. The van der Waals surface area contributed by atoms with Crippen LogP contribution in [0.2, 0.25) is 0 Å². The number of ketones is 1. The number of nitrogens with zero attached hydrogens (tertiary/aromatic N) is 2. The smallest absolute Gasteiger partial charge is 0.223 e. The molecule has 0 unspecified atom stereocenters. The molecule has 0 aliphatic rings. The van der Waals surface area contributed by atoms with Crippen molar-refractivity contribution in [3.8, 4) is 0 Å². The Morgan fingerprint density at radius 3 is 2.95 bits per heavy atom. The van der Waals surface area contributed by atoms with E-state index in [0.29, 0.717) is 23.8 Å². The SMILES string of the molecule is CC(=O)c1cnc(NCc2ccc3[nH]ccc3c2)nc1C. The van der Waals surface area contributed by atoms with Gasteiger partial charge in [0.1, 0.15) is 0 Å². The molecular formula is C16H16N4O. The van der Waals surface area contributed by atoms with E-state index in [1.165, 1.54) is 12.3 Å². The second-order valence-electron chi connectivity index (χ2n) is 5.00. The lowest BCUT2D eigenvalue weighted by Gasteiger charge is -2.07. The minimum Gasteiger partial charge on any atom is -0.361 e. The largest absolute Gasteiger partial charge is 0.361 e. The van der Waals surface area contributed by atoms with E-state index in [0.717, 1.165) is 11.1 Å². The molecule has 106 valence electrons. The predicted octanol–water partition coefficient (Wildman–Crippen LogP) is 3.08. The first kappa shape index (κ1) is 13.3. The molecule has 0 spiro atoms. The summed E-state index contributed by atoms with van der Waals surface area (Å²) in [6.45, 7) is 3.97. The molecule has 5 heteroatoms. The van der Waals surface area contributed by atoms with Gasteiger partial charge >= 0.3 is 0 Å². The number of carbonyl (C=O) groups is 1. The summed E-state index contributed by atoms with van der Waals surface area (Å²) >= 11 is 0. The first-order valence-electron chi connectivity index (χ1n) is 6.78. The highest BCUT2D eigenvalue weighted by atomic mass is 16.1. The van der Waals surface area contributed by atoms with Gasteiger partial charge in [0.05, 0.1) is 11.3 Å². The van der Waals surface area contributed by atoms with Crippen LogP contribution in [0, 0.1) is 6.92 Å². The molecule has 5 nitrogen and oxygen atoms in total. The molecule has 0 atom stereocenters. The van der Waals surface area contributed by atoms with Gasteiger partial charge in [0.15, 0.2) is 5.78 Å². The minimum atomic E-state index is -0.0167. The van der Waals surface area contributed by atoms with Crippen molar-refractivity contribution in [2.24, 2.45) is 0 Å². The van der Waals surface area contributed by atoms with Crippen LogP contribution in [0.4, 0.5) is 5.95 Å². The number of fused-ring (bicyclic) bond motifs is 1. The highest BCUT2D eigenvalue weighted by molar-refractivity contribution is 5.94. The summed E-state index contributed by atoms with van der Waals surface area (Å²) in [5.74, 6) is 0.517. The molecule has 0 saturated heterocycles. The number of hydrogen-bond acceptors (Lipinski definition) is 4. The number of benzene rings is 1. The summed E-state index contributed by atoms with van der Waals surface area (Å²) in [7, 11) is 0. The number of carbonyl (C=O) groups excluding carboxylic acids is 1. The topological polar surface area (TPSA) is 70.7 Å². The quantitative estimate of drug-likeness (QED) is 0.720. The Balaban J connectivity index is 1.75. The Kier molecular flexibility index (Phi) is 3.39. The van der Waals surface area contributed by atoms with Crippen molar-refractivity contribution in [2.45, 2.75) is 20.4 Å². The van der Waals surface area contributed by atoms with Gasteiger partial charge in [-0.15, -0.1) is 0 Å². The number of rotatable bonds is 4. The summed E-state index contributed by atoms with van der Waals surface area (Å²) < 4.78 is 0. The number of anilines is 1. The molecule has 2 heterocycles. The zero-order valence-electron chi connectivity index (χ0n) is 12.0. The van der Waals surface area contributed by atoms with Crippen LogP contribution in [0.25, 0.3) is 10.9 Å². The number of aryl methyl sites for hydroxylation is 1. The molecular weight excluding hydrogens is 264 g/mol. The van der Waals surface area contributed by atoms with E-state index in [4.69, 9.17) is 0 Å². The first-order valence-corrected chi connectivity index (χ1v) is 6.78. The third kappa shape index (κ3) is 2.76. The molecule has 21 heavy (non-hydrogen) atoms. The molecule has 3 rings (SSSR count). The van der Waals surface area contributed by atoms with Crippen LogP contribution >= 0.6 is 0 Å². The van der Waals surface area contributed by atoms with Gasteiger partial charge in [-0.05, 0) is 43.0 Å². The van der Waals surface area contributed by atoms with E-state index < -0.39 is 0 Å². The van der Waals surface area contributed by atoms with Gasteiger partial charge in [-0.3, -0.25) is 4.79 Å². The molecule has 3 aromatic rings. The van der Waals surface area contributed by atoms with E-state index in [1.807, 2.05) is 19.2 Å². The Morgan fingerprint density at radius 2 is 2.19 bits per heavy atom. The van der Waals surface area contributed by atoms with Crippen LogP contribution in [0.1, 0.15) is 28.5 Å². The van der Waals surface area contributed by atoms with Crippen molar-refractivity contribution in [3.05, 3.63) is 53.5 Å². The Labute approximate surface area is 122 Å². The lowest BCUT2D eigenvalue weighted by molar-refractivity contribution is 0.101. The van der Waals surface area contributed by atoms with Gasteiger partial charge in [0, 0.05) is 24.5 Å². The van der Waals surface area contributed by atoms with Gasteiger partial charge in [-0.1, -0.05) is 6.07 Å². The Morgan fingerprint density at radius 1 is 1.33 bits per heavy atom. The fourth-order valence-corrected chi connectivity index (χ4v) is 2.29. The molecule has 1 aromatic carbocycles. The molecule has 0 saturated carbocycles. The average molecular weight is 280 g/mol. The molecule has 0 radical (unpaired) electrons. The fourth-order valence-electron chi connectivity index (χ4n) is 2.29. The second-order valence-corrected chi connectivity index (χ2v) is 5.00. The highest BCUT2D eigenvalue weighted by Gasteiger charge is 2.07. The standard InChI is InChI=1S/C16H16N4O/c1-10-14(11(2)21)9-19-16(20-10)18-8-12-3-4-15-13(7-12)5-6-17-15/h3-7,9,17H,8H2,1-2H3,(H,18,19,20). The van der Waals surface area contributed by atoms with Gasteiger partial charge in [0.2, 0.25) is 5.95 Å². The monoisotopic (exact) mass is 280 g/mol. The Hall–Kier alpha value is -2.69. The summed E-state index contributed by atoms with van der Waals surface area (Å²) in [5, 5.41) is 4.36. The van der Waals surface area contributed by atoms with Crippen LogP contribution in [0.3, 0.4) is 0 Å². The zero-order chi connectivity index (χ0) is 14.8. The number of nitrogens with one attached hydrogen (secondary N) is 2. The molecule has 0 amide bonds. The van der Waals surface area contributed by atoms with Crippen LogP contribution in [0.5, 0.6) is 0 Å². The summed E-state index contributed by atoms with van der Waals surface area (Å²) in [6, 6.07) is 8.27. The van der Waals surface area contributed by atoms with Crippen molar-refractivity contribution in [1.82, 2.24) is 15.0 Å². The fraction of sp³-hybridized carbons (Fsp3) is 0.188. The number of H-pyrrole nitrogens is 1. The molecule has 0 aliphatic heterocycles. The highest BCUT2D eigenvalue weighted by Crippen LogP contribution is 2.15. The molecule has 0 fully saturated rings. The van der Waals surface area contributed by atoms with E-state index in [1.54, 1.807) is 6.20 Å². The Bertz CT molecular complexity index is 807. The van der Waals surface area contributed by atoms with Crippen LogP contribution in [0.15, 0.2) is 36.7 Å². The van der Waals surface area contributed by atoms with Gasteiger partial charge < -0.3 is 10.3 Å². The van der Waals surface area contributed by atoms with Gasteiger partial charge in [-0.2, -0.15) is 0 Å². The summed E-state index contributed by atoms with van der Waals surface area (Å²) in [5.41, 5.74) is 3.53. The molecule has 2 aromatic heterocycles. The van der Waals surface area contributed by atoms with Crippen molar-refractivity contribution in [1.29, 1.82) is 0 Å². The maximum Gasteiger partial charge on any atom is 0.223 e. The van der Waals surface area contributed by atoms with E-state index >= 15 is 0 Å². The minimum absolute atomic E-state index is 0.0167. The van der Waals surface area contributed by atoms with Crippen molar-refractivity contribution < 1.29 is 4.79 Å². The third-order valence-electron chi connectivity index (χ3n) is 3.43. The lowest BCUT2D eigenvalue weighted by atomic mass is 10.1. The predicted molar refractivity (Wildman–Crippen MR) is 82.4 cm³/mol. The zero-order valence-corrected chi connectivity index (χ0v) is 12.0. The molecule has 0 aliphatic carbocycles. The van der Waals surface area contributed by atoms with Crippen molar-refractivity contribution >= 4 is 22.6 Å². The van der Waals surface area contributed by atoms with E-state index in [9.17, 15) is 4.79 Å². The van der Waals surface area contributed by atoms with Crippen LogP contribution < -0.4 is 5.32 Å². The number of Topliss-reactive ketones (excluding diaryl/α,β-unsaturated/α-hetero) is 1. The van der Waals surface area contributed by atoms with Crippen LogP contribution in [-0.2, 0) is 6.54 Å². The summed E-state index contributed by atoms with van der Waals surface area (Å²) in [6.07, 6.45) is 3.50. The van der Waals surface area contributed by atoms with Gasteiger partial charge in [-0.25, -0.2) is 9.97 Å². The van der Waals surface area contributed by atoms with E-state index in [-0.39, 0.29) is 5.78 Å². The van der Waals surface area contributed by atoms with Crippen molar-refractivity contribution in [2.75, 3.05) is 5.32 Å². The lowest BCUT2D eigenvalue weighted by Crippen LogP contribution is -2.07. The van der Waals surface area contributed by atoms with Gasteiger partial charge in [0.25, 0.3) is 0 Å². The number of aromatic nitrogens is 3. The maximum absolute atomic E-state index is 11.4. The molecule has 2 N–H and O–H groups in total. The molecule has 0 bridgehead atoms. The van der Waals surface area contributed by atoms with E-state index in [2.05, 4.69) is 38.5 Å². The normalized spacial score (nSPS) is 10.8. The maximum atomic E-state index is 11.4. The van der Waals surface area contributed by atoms with Crippen molar-refractivity contribution in [3.63, 3.8) is 0 Å². The number of aromatic amines is 1. The third-order valence-corrected chi connectivity index (χ3v) is 3.43. The number of hydrogen-bond donors (Lipinski definition) is 2. The van der Waals surface area contributed by atoms with Crippen LogP contribution in [-0.4, -0.2) is 20.7 Å². The average Bonchev–Trinajstić information content (AvgIpc) is 2.92.